The van der Waals surface area contributed by atoms with Gasteiger partial charge in [0, 0.05) is 48.0 Å². The predicted molar refractivity (Wildman–Crippen MR) is 142 cm³/mol. The van der Waals surface area contributed by atoms with Gasteiger partial charge in [0.1, 0.15) is 6.10 Å². The van der Waals surface area contributed by atoms with E-state index in [-0.39, 0.29) is 46.5 Å². The van der Waals surface area contributed by atoms with Crippen LogP contribution in [0, 0.1) is 5.82 Å². The minimum atomic E-state index is -3.01. The highest BCUT2D eigenvalue weighted by Crippen LogP contribution is 2.35. The third-order valence-electron chi connectivity index (χ3n) is 6.89. The van der Waals surface area contributed by atoms with Crippen LogP contribution < -0.4 is 25.4 Å². The van der Waals surface area contributed by atoms with E-state index in [2.05, 4.69) is 72.4 Å². The molecule has 2 fully saturated rings. The smallest absolute Gasteiger partial charge is 0.387 e. The highest BCUT2D eigenvalue weighted by molar-refractivity contribution is 5.60. The zero-order valence-electron chi connectivity index (χ0n) is 22.9. The zero-order chi connectivity index (χ0) is 27.7. The summed E-state index contributed by atoms with van der Waals surface area (Å²) in [5.41, 5.74) is 0.158. The fourth-order valence-corrected chi connectivity index (χ4v) is 5.65. The Morgan fingerprint density at radius 1 is 1.11 bits per heavy atom. The molecule has 0 radical (unpaired) electrons. The van der Waals surface area contributed by atoms with Gasteiger partial charge in [-0.05, 0) is 72.9 Å². The largest absolute Gasteiger partial charge is 0.485 e. The standard InChI is InChI=1S/C27H39F3N6O2/c1-16(2)36-10-9-19(15-36)37-21-8-7-17(11-22(21)38-24(29)30)33-25-31-14-20(28)23(34-25)32-18-12-26(3,4)35-27(5,6)13-18/h7-8,11,14,16,18-19,24,35H,9-10,12-13,15H2,1-6H3,(H2,31,32,33,34)/t19-/m1/s1. The Labute approximate surface area is 222 Å². The highest BCUT2D eigenvalue weighted by Gasteiger charge is 2.38. The molecule has 1 aromatic heterocycles. The van der Waals surface area contributed by atoms with Crippen molar-refractivity contribution in [2.75, 3.05) is 23.7 Å². The summed E-state index contributed by atoms with van der Waals surface area (Å²) < 4.78 is 51.8. The lowest BCUT2D eigenvalue weighted by molar-refractivity contribution is -0.0519. The third-order valence-corrected chi connectivity index (χ3v) is 6.89. The Hall–Kier alpha value is -2.79. The van der Waals surface area contributed by atoms with Crippen LogP contribution in [0.1, 0.15) is 60.8 Å². The van der Waals surface area contributed by atoms with Crippen LogP contribution in [-0.4, -0.2) is 63.8 Å². The van der Waals surface area contributed by atoms with E-state index in [4.69, 9.17) is 9.47 Å². The highest BCUT2D eigenvalue weighted by atomic mass is 19.3. The second-order valence-electron chi connectivity index (χ2n) is 11.8. The van der Waals surface area contributed by atoms with Crippen LogP contribution >= 0.6 is 0 Å². The summed E-state index contributed by atoms with van der Waals surface area (Å²) in [5, 5.41) is 9.80. The van der Waals surface area contributed by atoms with Gasteiger partial charge >= 0.3 is 6.61 Å². The number of anilines is 3. The van der Waals surface area contributed by atoms with E-state index in [0.717, 1.165) is 38.5 Å². The number of benzene rings is 1. The number of halogens is 3. The van der Waals surface area contributed by atoms with E-state index in [0.29, 0.717) is 11.7 Å². The first kappa shape index (κ1) is 28.2. The van der Waals surface area contributed by atoms with Crippen molar-refractivity contribution in [3.63, 3.8) is 0 Å². The Balaban J connectivity index is 1.48. The molecule has 2 aromatic rings. The number of rotatable bonds is 9. The fourth-order valence-electron chi connectivity index (χ4n) is 5.65. The van der Waals surface area contributed by atoms with Crippen molar-refractivity contribution in [3.8, 4) is 11.5 Å². The van der Waals surface area contributed by atoms with Crippen molar-refractivity contribution in [1.29, 1.82) is 0 Å². The van der Waals surface area contributed by atoms with Crippen molar-refractivity contribution in [1.82, 2.24) is 20.2 Å². The van der Waals surface area contributed by atoms with Gasteiger partial charge in [-0.25, -0.2) is 9.37 Å². The Morgan fingerprint density at radius 2 is 1.82 bits per heavy atom. The summed E-state index contributed by atoms with van der Waals surface area (Å²) in [6.45, 7) is 11.3. The molecule has 2 aliphatic rings. The number of piperidine rings is 1. The molecule has 1 atom stereocenters. The molecule has 0 amide bonds. The molecular weight excluding hydrogens is 497 g/mol. The summed E-state index contributed by atoms with van der Waals surface area (Å²) >= 11 is 0. The van der Waals surface area contributed by atoms with Crippen LogP contribution in [0.3, 0.4) is 0 Å². The number of alkyl halides is 2. The van der Waals surface area contributed by atoms with E-state index < -0.39 is 12.4 Å². The molecule has 4 rings (SSSR count). The van der Waals surface area contributed by atoms with Crippen LogP contribution in [-0.2, 0) is 0 Å². The molecule has 11 heteroatoms. The molecular formula is C27H39F3N6O2. The Bertz CT molecular complexity index is 1100. The molecule has 2 aliphatic heterocycles. The number of nitrogens with zero attached hydrogens (tertiary/aromatic N) is 3. The van der Waals surface area contributed by atoms with Crippen LogP contribution in [0.2, 0.25) is 0 Å². The summed E-state index contributed by atoms with van der Waals surface area (Å²) in [4.78, 5) is 10.6. The number of nitrogens with one attached hydrogen (secondary N) is 3. The van der Waals surface area contributed by atoms with E-state index >= 15 is 0 Å². The van der Waals surface area contributed by atoms with Crippen LogP contribution in [0.5, 0.6) is 11.5 Å². The third kappa shape index (κ3) is 7.41. The van der Waals surface area contributed by atoms with Gasteiger partial charge in [0.05, 0.1) is 6.20 Å². The molecule has 3 N–H and O–H groups in total. The maximum absolute atomic E-state index is 14.6. The minimum absolute atomic E-state index is 0.00295. The van der Waals surface area contributed by atoms with Gasteiger partial charge in [0.15, 0.2) is 23.1 Å². The lowest BCUT2D eigenvalue weighted by atomic mass is 9.79. The first-order valence-corrected chi connectivity index (χ1v) is 13.1. The average molecular weight is 537 g/mol. The van der Waals surface area contributed by atoms with Gasteiger partial charge in [-0.2, -0.15) is 13.8 Å². The summed E-state index contributed by atoms with van der Waals surface area (Å²) in [5.74, 6) is -0.206. The number of hydrogen-bond donors (Lipinski definition) is 3. The quantitative estimate of drug-likeness (QED) is 0.385. The fraction of sp³-hybridized carbons (Fsp3) is 0.630. The second kappa shape index (κ2) is 11.1. The molecule has 38 heavy (non-hydrogen) atoms. The maximum atomic E-state index is 14.6. The monoisotopic (exact) mass is 536 g/mol. The van der Waals surface area contributed by atoms with Gasteiger partial charge in [0.25, 0.3) is 0 Å². The topological polar surface area (TPSA) is 83.6 Å². The van der Waals surface area contributed by atoms with Crippen molar-refractivity contribution in [2.24, 2.45) is 0 Å². The molecule has 8 nitrogen and oxygen atoms in total. The first-order chi connectivity index (χ1) is 17.8. The van der Waals surface area contributed by atoms with Crippen LogP contribution in [0.4, 0.5) is 30.6 Å². The van der Waals surface area contributed by atoms with Gasteiger partial charge in [-0.15, -0.1) is 0 Å². The normalized spacial score (nSPS) is 21.6. The molecule has 210 valence electrons. The molecule has 0 spiro atoms. The Morgan fingerprint density at radius 3 is 2.45 bits per heavy atom. The average Bonchev–Trinajstić information content (AvgIpc) is 3.24. The second-order valence-corrected chi connectivity index (χ2v) is 11.8. The molecule has 2 saturated heterocycles. The van der Waals surface area contributed by atoms with Crippen molar-refractivity contribution in [3.05, 3.63) is 30.2 Å². The molecule has 1 aromatic carbocycles. The maximum Gasteiger partial charge on any atom is 0.387 e. The first-order valence-electron chi connectivity index (χ1n) is 13.1. The van der Waals surface area contributed by atoms with E-state index in [9.17, 15) is 13.2 Å². The lowest BCUT2D eigenvalue weighted by Crippen LogP contribution is -2.60. The zero-order valence-corrected chi connectivity index (χ0v) is 22.9. The summed E-state index contributed by atoms with van der Waals surface area (Å²) in [6, 6.07) is 5.05. The number of aromatic nitrogens is 2. The summed E-state index contributed by atoms with van der Waals surface area (Å²) in [7, 11) is 0. The van der Waals surface area contributed by atoms with E-state index in [1.807, 2.05) is 0 Å². The van der Waals surface area contributed by atoms with Gasteiger partial charge in [-0.1, -0.05) is 0 Å². The van der Waals surface area contributed by atoms with Gasteiger partial charge < -0.3 is 25.4 Å². The molecule has 0 unspecified atom stereocenters. The number of likely N-dealkylation sites (tertiary alicyclic amines) is 1. The van der Waals surface area contributed by atoms with Crippen molar-refractivity contribution in [2.45, 2.75) is 96.7 Å². The van der Waals surface area contributed by atoms with E-state index in [1.54, 1.807) is 12.1 Å². The van der Waals surface area contributed by atoms with Gasteiger partial charge in [-0.3, -0.25) is 4.90 Å². The predicted octanol–water partition coefficient (Wildman–Crippen LogP) is 5.54. The molecule has 0 saturated carbocycles. The minimum Gasteiger partial charge on any atom is -0.485 e. The lowest BCUT2D eigenvalue weighted by Gasteiger charge is -2.46. The summed E-state index contributed by atoms with van der Waals surface area (Å²) in [6.07, 6.45) is 3.35. The van der Waals surface area contributed by atoms with Gasteiger partial charge in [0.2, 0.25) is 5.95 Å². The van der Waals surface area contributed by atoms with E-state index in [1.165, 1.54) is 6.07 Å². The van der Waals surface area contributed by atoms with Crippen molar-refractivity contribution < 1.29 is 22.6 Å². The Kier molecular flexibility index (Phi) is 8.27. The number of hydrogen-bond acceptors (Lipinski definition) is 8. The van der Waals surface area contributed by atoms with Crippen LogP contribution in [0.25, 0.3) is 0 Å². The molecule has 0 bridgehead atoms. The molecule has 0 aliphatic carbocycles. The molecule has 3 heterocycles. The SMILES string of the molecule is CC(C)N1CC[C@@H](Oc2ccc(Nc3ncc(F)c(NC4CC(C)(C)NC(C)(C)C4)n3)cc2OC(F)F)C1. The number of ether oxygens (including phenoxy) is 2. The van der Waals surface area contributed by atoms with Crippen molar-refractivity contribution >= 4 is 17.5 Å². The van der Waals surface area contributed by atoms with Crippen LogP contribution in [0.15, 0.2) is 24.4 Å².